The average Bonchev–Trinajstić information content (AvgIpc) is 3.27. The second-order valence-corrected chi connectivity index (χ2v) is 8.31. The number of carbonyl (C=O) groups excluding carboxylic acids is 1. The summed E-state index contributed by atoms with van der Waals surface area (Å²) in [6, 6.07) is 5.51. The van der Waals surface area contributed by atoms with E-state index in [2.05, 4.69) is 15.5 Å². The first-order valence-electron chi connectivity index (χ1n) is 8.41. The first-order valence-corrected chi connectivity index (χ1v) is 9.60. The van der Waals surface area contributed by atoms with Gasteiger partial charge >= 0.3 is 0 Å². The Morgan fingerprint density at radius 1 is 1.38 bits per heavy atom. The Balaban J connectivity index is 0.00000196. The molecule has 0 radical (unpaired) electrons. The van der Waals surface area contributed by atoms with Crippen molar-refractivity contribution in [3.8, 4) is 0 Å². The van der Waals surface area contributed by atoms with E-state index < -0.39 is 0 Å². The molecule has 140 valence electrons. The molecular weight excluding hydrogens is 393 g/mol. The highest BCUT2D eigenvalue weighted by Crippen LogP contribution is 2.48. The van der Waals surface area contributed by atoms with Gasteiger partial charge in [-0.3, -0.25) is 4.79 Å². The molecule has 0 spiro atoms. The lowest BCUT2D eigenvalue weighted by Crippen LogP contribution is -2.42. The van der Waals surface area contributed by atoms with Gasteiger partial charge in [0.1, 0.15) is 6.33 Å². The topological polar surface area (TPSA) is 85.8 Å². The van der Waals surface area contributed by atoms with Crippen LogP contribution in [0.25, 0.3) is 0 Å². The number of aryl methyl sites for hydroxylation is 1. The summed E-state index contributed by atoms with van der Waals surface area (Å²) in [5.74, 6) is 0.880. The molecule has 1 aromatic heterocycles. The minimum atomic E-state index is -0.0785. The van der Waals surface area contributed by atoms with Gasteiger partial charge in [-0.2, -0.15) is 0 Å². The number of hydrogen-bond donors (Lipinski definition) is 2. The molecule has 0 saturated heterocycles. The largest absolute Gasteiger partial charge is 0.327 e. The maximum atomic E-state index is 12.7. The highest BCUT2D eigenvalue weighted by Gasteiger charge is 2.49. The number of hydrogen-bond acceptors (Lipinski definition) is 5. The highest BCUT2D eigenvalue weighted by atomic mass is 35.5. The Kier molecular flexibility index (Phi) is 5.81. The standard InChI is InChI=1S/C17H20ClN5OS.ClH/c1-23-8-20-22-17(23)25-13-5-4-11(7-12(13)18)21-16(24)14-9-2-3-10(6-9)15(14)19;/h4-5,7-10,14-15H,2-3,6,19H2,1H3,(H,21,24);1H. The molecule has 2 aromatic rings. The Hall–Kier alpha value is -1.28. The fraction of sp³-hybridized carbons (Fsp3) is 0.471. The van der Waals surface area contributed by atoms with Gasteiger partial charge in [0.2, 0.25) is 5.91 Å². The third-order valence-corrected chi connectivity index (χ3v) is 6.91. The lowest BCUT2D eigenvalue weighted by atomic mass is 9.84. The van der Waals surface area contributed by atoms with Crippen molar-refractivity contribution in [2.45, 2.75) is 35.4 Å². The van der Waals surface area contributed by atoms with E-state index in [1.165, 1.54) is 11.8 Å². The van der Waals surface area contributed by atoms with Gasteiger partial charge in [-0.1, -0.05) is 11.6 Å². The van der Waals surface area contributed by atoms with E-state index in [0.29, 0.717) is 22.5 Å². The van der Waals surface area contributed by atoms with Gasteiger partial charge in [-0.05, 0) is 61.1 Å². The van der Waals surface area contributed by atoms with Crippen LogP contribution in [0.2, 0.25) is 5.02 Å². The van der Waals surface area contributed by atoms with Crippen LogP contribution in [0.4, 0.5) is 5.69 Å². The molecule has 3 N–H and O–H groups in total. The normalized spacial score (nSPS) is 26.6. The van der Waals surface area contributed by atoms with Gasteiger partial charge in [0, 0.05) is 23.7 Å². The molecule has 4 rings (SSSR count). The number of nitrogens with one attached hydrogen (secondary N) is 1. The van der Waals surface area contributed by atoms with E-state index in [4.69, 9.17) is 17.3 Å². The summed E-state index contributed by atoms with van der Waals surface area (Å²) in [5.41, 5.74) is 6.96. The zero-order chi connectivity index (χ0) is 17.6. The maximum absolute atomic E-state index is 12.7. The number of fused-ring (bicyclic) bond motifs is 2. The summed E-state index contributed by atoms with van der Waals surface area (Å²) in [4.78, 5) is 13.5. The second-order valence-electron chi connectivity index (χ2n) is 6.90. The predicted octanol–water partition coefficient (Wildman–Crippen LogP) is 3.35. The third-order valence-electron chi connectivity index (χ3n) is 5.35. The molecule has 4 unspecified atom stereocenters. The number of aromatic nitrogens is 3. The van der Waals surface area contributed by atoms with E-state index in [-0.39, 0.29) is 30.3 Å². The van der Waals surface area contributed by atoms with Crippen LogP contribution in [0.5, 0.6) is 0 Å². The number of rotatable bonds is 4. The summed E-state index contributed by atoms with van der Waals surface area (Å²) in [7, 11) is 1.88. The summed E-state index contributed by atoms with van der Waals surface area (Å²) in [6.45, 7) is 0. The van der Waals surface area contributed by atoms with E-state index in [1.807, 2.05) is 23.7 Å². The maximum Gasteiger partial charge on any atom is 0.229 e. The summed E-state index contributed by atoms with van der Waals surface area (Å²) in [5, 5.41) is 12.2. The van der Waals surface area contributed by atoms with Gasteiger partial charge in [0.05, 0.1) is 10.9 Å². The molecule has 1 heterocycles. The minimum absolute atomic E-state index is 0. The molecule has 6 nitrogen and oxygen atoms in total. The van der Waals surface area contributed by atoms with Crippen LogP contribution in [0.15, 0.2) is 34.6 Å². The average molecular weight is 414 g/mol. The molecule has 4 atom stereocenters. The molecule has 2 fully saturated rings. The van der Waals surface area contributed by atoms with E-state index in [9.17, 15) is 4.79 Å². The van der Waals surface area contributed by atoms with Crippen LogP contribution >= 0.6 is 35.8 Å². The molecule has 2 aliphatic carbocycles. The van der Waals surface area contributed by atoms with Crippen LogP contribution in [-0.4, -0.2) is 26.7 Å². The third kappa shape index (κ3) is 3.58. The number of carbonyl (C=O) groups is 1. The highest BCUT2D eigenvalue weighted by molar-refractivity contribution is 7.99. The summed E-state index contributed by atoms with van der Waals surface area (Å²) < 4.78 is 1.83. The molecule has 9 heteroatoms. The molecule has 0 aliphatic heterocycles. The van der Waals surface area contributed by atoms with Gasteiger partial charge in [-0.25, -0.2) is 0 Å². The van der Waals surface area contributed by atoms with Gasteiger partial charge in [0.15, 0.2) is 5.16 Å². The van der Waals surface area contributed by atoms with Crippen molar-refractivity contribution in [1.29, 1.82) is 0 Å². The van der Waals surface area contributed by atoms with Crippen LogP contribution in [0.1, 0.15) is 19.3 Å². The van der Waals surface area contributed by atoms with Crippen molar-refractivity contribution in [2.75, 3.05) is 5.32 Å². The second kappa shape index (κ2) is 7.76. The monoisotopic (exact) mass is 413 g/mol. The van der Waals surface area contributed by atoms with Crippen LogP contribution in [-0.2, 0) is 11.8 Å². The number of amides is 1. The van der Waals surface area contributed by atoms with E-state index >= 15 is 0 Å². The molecule has 1 amide bonds. The number of nitrogens with two attached hydrogens (primary N) is 1. The molecule has 2 bridgehead atoms. The Bertz CT molecular complexity index is 812. The quantitative estimate of drug-likeness (QED) is 0.802. The van der Waals surface area contributed by atoms with Crippen molar-refractivity contribution in [3.05, 3.63) is 29.5 Å². The number of halogens is 2. The number of anilines is 1. The van der Waals surface area contributed by atoms with E-state index in [1.54, 1.807) is 12.4 Å². The van der Waals surface area contributed by atoms with E-state index in [0.717, 1.165) is 29.3 Å². The van der Waals surface area contributed by atoms with Crippen LogP contribution < -0.4 is 11.1 Å². The molecule has 2 saturated carbocycles. The van der Waals surface area contributed by atoms with Gasteiger partial charge in [-0.15, -0.1) is 22.6 Å². The fourth-order valence-corrected chi connectivity index (χ4v) is 5.14. The number of nitrogens with zero attached hydrogens (tertiary/aromatic N) is 3. The zero-order valence-corrected chi connectivity index (χ0v) is 16.7. The first-order chi connectivity index (χ1) is 12.0. The number of benzene rings is 1. The molecular formula is C17H21Cl2N5OS. The van der Waals surface area contributed by atoms with Crippen LogP contribution in [0, 0.1) is 17.8 Å². The SMILES string of the molecule is Cl.Cn1cnnc1Sc1ccc(NC(=O)C2C3CCC(C3)C2N)cc1Cl. The molecule has 26 heavy (non-hydrogen) atoms. The molecule has 1 aromatic carbocycles. The summed E-state index contributed by atoms with van der Waals surface area (Å²) in [6.07, 6.45) is 5.01. The Morgan fingerprint density at radius 3 is 2.77 bits per heavy atom. The van der Waals surface area contributed by atoms with Crippen molar-refractivity contribution in [3.63, 3.8) is 0 Å². The lowest BCUT2D eigenvalue weighted by Gasteiger charge is -2.27. The minimum Gasteiger partial charge on any atom is -0.327 e. The molecule has 2 aliphatic rings. The zero-order valence-electron chi connectivity index (χ0n) is 14.3. The van der Waals surface area contributed by atoms with Crippen molar-refractivity contribution < 1.29 is 4.79 Å². The smallest absolute Gasteiger partial charge is 0.229 e. The predicted molar refractivity (Wildman–Crippen MR) is 105 cm³/mol. The first kappa shape index (κ1) is 19.5. The van der Waals surface area contributed by atoms with Gasteiger partial charge < -0.3 is 15.6 Å². The van der Waals surface area contributed by atoms with Crippen molar-refractivity contribution >= 4 is 47.4 Å². The summed E-state index contributed by atoms with van der Waals surface area (Å²) >= 11 is 7.81. The Labute approximate surface area is 167 Å². The fourth-order valence-electron chi connectivity index (χ4n) is 4.08. The van der Waals surface area contributed by atoms with Crippen molar-refractivity contribution in [2.24, 2.45) is 30.5 Å². The lowest BCUT2D eigenvalue weighted by molar-refractivity contribution is -0.121. The Morgan fingerprint density at radius 2 is 2.15 bits per heavy atom. The van der Waals surface area contributed by atoms with Gasteiger partial charge in [0.25, 0.3) is 0 Å². The van der Waals surface area contributed by atoms with Crippen LogP contribution in [0.3, 0.4) is 0 Å². The van der Waals surface area contributed by atoms with Crippen molar-refractivity contribution in [1.82, 2.24) is 14.8 Å².